The Balaban J connectivity index is 1.96. The summed E-state index contributed by atoms with van der Waals surface area (Å²) in [6, 6.07) is 4.71. The van der Waals surface area contributed by atoms with Gasteiger partial charge in [0.05, 0.1) is 18.1 Å². The third-order valence-corrected chi connectivity index (χ3v) is 3.27. The van der Waals surface area contributed by atoms with Crippen LogP contribution in [0.3, 0.4) is 0 Å². The molecule has 0 aromatic heterocycles. The normalized spacial score (nSPS) is 14.6. The summed E-state index contributed by atoms with van der Waals surface area (Å²) in [5.41, 5.74) is 2.17. The molecule has 0 unspecified atom stereocenters. The van der Waals surface area contributed by atoms with E-state index in [2.05, 4.69) is 16.7 Å². The largest absolute Gasteiger partial charge is 0.496 e. The van der Waals surface area contributed by atoms with Crippen LogP contribution in [0.1, 0.15) is 12.8 Å². The van der Waals surface area contributed by atoms with Gasteiger partial charge in [-0.25, -0.2) is 0 Å². The number of ether oxygens (including phenoxy) is 1. The predicted octanol–water partition coefficient (Wildman–Crippen LogP) is 2.33. The molecule has 1 aromatic carbocycles. The Labute approximate surface area is 118 Å². The number of methoxy groups -OCH3 is 1. The van der Waals surface area contributed by atoms with Crippen molar-refractivity contribution in [2.24, 2.45) is 0 Å². The van der Waals surface area contributed by atoms with E-state index in [0.717, 1.165) is 32.5 Å². The molecule has 20 heavy (non-hydrogen) atoms. The molecule has 2 rings (SSSR count). The van der Waals surface area contributed by atoms with E-state index in [4.69, 9.17) is 4.74 Å². The lowest BCUT2D eigenvalue weighted by Gasteiger charge is -2.14. The zero-order chi connectivity index (χ0) is 14.4. The number of nitro benzene ring substituents is 1. The maximum atomic E-state index is 10.8. The van der Waals surface area contributed by atoms with Crippen molar-refractivity contribution in [3.05, 3.63) is 40.0 Å². The Morgan fingerprint density at radius 1 is 1.45 bits per heavy atom. The number of hydrogen-bond acceptors (Lipinski definition) is 5. The summed E-state index contributed by atoms with van der Waals surface area (Å²) in [5.74, 6) is 0.489. The molecular weight excluding hydrogens is 258 g/mol. The molecule has 6 nitrogen and oxygen atoms in total. The SMILES string of the molecule is COc1cc(NCCC2=CCNCC2)cc([N+](=O)[O-])c1. The number of nitrogens with one attached hydrogen (secondary N) is 2. The fourth-order valence-corrected chi connectivity index (χ4v) is 2.17. The van der Waals surface area contributed by atoms with Gasteiger partial charge in [0.1, 0.15) is 5.75 Å². The number of nitrogens with zero attached hydrogens (tertiary/aromatic N) is 1. The van der Waals surface area contributed by atoms with Crippen LogP contribution >= 0.6 is 0 Å². The van der Waals surface area contributed by atoms with E-state index in [1.165, 1.54) is 24.8 Å². The maximum Gasteiger partial charge on any atom is 0.275 e. The van der Waals surface area contributed by atoms with E-state index < -0.39 is 4.92 Å². The number of nitro groups is 1. The molecule has 1 heterocycles. The molecule has 2 N–H and O–H groups in total. The summed E-state index contributed by atoms with van der Waals surface area (Å²) in [6.07, 6.45) is 4.23. The minimum atomic E-state index is -0.414. The first-order valence-electron chi connectivity index (χ1n) is 6.65. The minimum absolute atomic E-state index is 0.0351. The van der Waals surface area contributed by atoms with Gasteiger partial charge >= 0.3 is 0 Å². The van der Waals surface area contributed by atoms with E-state index in [1.54, 1.807) is 6.07 Å². The first-order chi connectivity index (χ1) is 9.69. The first kappa shape index (κ1) is 14.3. The van der Waals surface area contributed by atoms with Gasteiger partial charge in [-0.05, 0) is 19.4 Å². The second-order valence-corrected chi connectivity index (χ2v) is 4.67. The first-order valence-corrected chi connectivity index (χ1v) is 6.65. The number of anilines is 1. The van der Waals surface area contributed by atoms with Gasteiger partial charge in [-0.3, -0.25) is 10.1 Å². The van der Waals surface area contributed by atoms with Gasteiger partial charge in [0, 0.05) is 30.9 Å². The molecule has 6 heteroatoms. The zero-order valence-corrected chi connectivity index (χ0v) is 11.5. The van der Waals surface area contributed by atoms with Crippen LogP contribution in [-0.2, 0) is 0 Å². The third kappa shape index (κ3) is 3.96. The second-order valence-electron chi connectivity index (χ2n) is 4.67. The Morgan fingerprint density at radius 2 is 2.30 bits per heavy atom. The lowest BCUT2D eigenvalue weighted by atomic mass is 10.1. The Morgan fingerprint density at radius 3 is 2.95 bits per heavy atom. The van der Waals surface area contributed by atoms with E-state index in [-0.39, 0.29) is 5.69 Å². The Hall–Kier alpha value is -2.08. The fourth-order valence-electron chi connectivity index (χ4n) is 2.17. The van der Waals surface area contributed by atoms with Crippen molar-refractivity contribution in [1.29, 1.82) is 0 Å². The lowest BCUT2D eigenvalue weighted by molar-refractivity contribution is -0.384. The highest BCUT2D eigenvalue weighted by Gasteiger charge is 2.10. The zero-order valence-electron chi connectivity index (χ0n) is 11.5. The van der Waals surface area contributed by atoms with Crippen LogP contribution in [0.2, 0.25) is 0 Å². The molecule has 0 bridgehead atoms. The molecular formula is C14H19N3O3. The average Bonchev–Trinajstić information content (AvgIpc) is 2.48. The van der Waals surface area contributed by atoms with Crippen LogP contribution in [0.4, 0.5) is 11.4 Å². The summed E-state index contributed by atoms with van der Waals surface area (Å²) in [7, 11) is 1.50. The van der Waals surface area contributed by atoms with E-state index in [1.807, 2.05) is 0 Å². The predicted molar refractivity (Wildman–Crippen MR) is 78.3 cm³/mol. The van der Waals surface area contributed by atoms with Crippen molar-refractivity contribution in [3.63, 3.8) is 0 Å². The monoisotopic (exact) mass is 277 g/mol. The molecule has 108 valence electrons. The van der Waals surface area contributed by atoms with Gasteiger partial charge in [-0.15, -0.1) is 0 Å². The van der Waals surface area contributed by atoms with Gasteiger partial charge in [0.15, 0.2) is 0 Å². The molecule has 0 atom stereocenters. The molecule has 0 radical (unpaired) electrons. The summed E-state index contributed by atoms with van der Waals surface area (Å²) in [5, 5.41) is 17.3. The summed E-state index contributed by atoms with van der Waals surface area (Å²) < 4.78 is 5.08. The molecule has 0 amide bonds. The molecule has 1 aliphatic rings. The lowest BCUT2D eigenvalue weighted by Crippen LogP contribution is -2.21. The van der Waals surface area contributed by atoms with Gasteiger partial charge < -0.3 is 15.4 Å². The average molecular weight is 277 g/mol. The molecule has 0 fully saturated rings. The summed E-state index contributed by atoms with van der Waals surface area (Å²) >= 11 is 0. The number of benzene rings is 1. The highest BCUT2D eigenvalue weighted by molar-refractivity contribution is 5.56. The molecule has 0 saturated heterocycles. The third-order valence-electron chi connectivity index (χ3n) is 3.27. The minimum Gasteiger partial charge on any atom is -0.496 e. The maximum absolute atomic E-state index is 10.8. The van der Waals surface area contributed by atoms with Crippen LogP contribution < -0.4 is 15.4 Å². The van der Waals surface area contributed by atoms with Crippen LogP contribution in [0.25, 0.3) is 0 Å². The quantitative estimate of drug-likeness (QED) is 0.474. The summed E-state index contributed by atoms with van der Waals surface area (Å²) in [4.78, 5) is 10.4. The molecule has 0 saturated carbocycles. The second kappa shape index (κ2) is 6.91. The van der Waals surface area contributed by atoms with Gasteiger partial charge in [0.25, 0.3) is 5.69 Å². The van der Waals surface area contributed by atoms with Gasteiger partial charge in [-0.2, -0.15) is 0 Å². The standard InChI is InChI=1S/C14H19N3O3/c1-20-14-9-12(8-13(10-14)17(18)19)16-7-4-11-2-5-15-6-3-11/h2,8-10,15-16H,3-7H2,1H3. The van der Waals surface area contributed by atoms with Crippen molar-refractivity contribution >= 4 is 11.4 Å². The number of non-ortho nitro benzene ring substituents is 1. The topological polar surface area (TPSA) is 76.4 Å². The van der Waals surface area contributed by atoms with Gasteiger partial charge in [-0.1, -0.05) is 11.6 Å². The fraction of sp³-hybridized carbons (Fsp3) is 0.429. The van der Waals surface area contributed by atoms with Crippen molar-refractivity contribution in [3.8, 4) is 5.75 Å². The number of rotatable bonds is 6. The van der Waals surface area contributed by atoms with E-state index >= 15 is 0 Å². The molecule has 0 aliphatic carbocycles. The highest BCUT2D eigenvalue weighted by atomic mass is 16.6. The number of hydrogen-bond donors (Lipinski definition) is 2. The van der Waals surface area contributed by atoms with Crippen molar-refractivity contribution < 1.29 is 9.66 Å². The Kier molecular flexibility index (Phi) is 4.95. The van der Waals surface area contributed by atoms with Crippen LogP contribution in [0, 0.1) is 10.1 Å². The van der Waals surface area contributed by atoms with Gasteiger partial charge in [0.2, 0.25) is 0 Å². The Bertz CT molecular complexity index is 514. The van der Waals surface area contributed by atoms with Crippen LogP contribution in [0.5, 0.6) is 5.75 Å². The summed E-state index contributed by atoms with van der Waals surface area (Å²) in [6.45, 7) is 2.71. The highest BCUT2D eigenvalue weighted by Crippen LogP contribution is 2.25. The molecule has 1 aromatic rings. The van der Waals surface area contributed by atoms with Crippen molar-refractivity contribution in [2.45, 2.75) is 12.8 Å². The van der Waals surface area contributed by atoms with Crippen molar-refractivity contribution in [1.82, 2.24) is 5.32 Å². The van der Waals surface area contributed by atoms with Crippen molar-refractivity contribution in [2.75, 3.05) is 32.1 Å². The molecule has 1 aliphatic heterocycles. The molecule has 0 spiro atoms. The smallest absolute Gasteiger partial charge is 0.275 e. The van der Waals surface area contributed by atoms with E-state index in [9.17, 15) is 10.1 Å². The van der Waals surface area contributed by atoms with Crippen LogP contribution in [0.15, 0.2) is 29.8 Å². The van der Waals surface area contributed by atoms with E-state index in [0.29, 0.717) is 11.4 Å². The van der Waals surface area contributed by atoms with Crippen LogP contribution in [-0.4, -0.2) is 31.7 Å².